The number of aliphatic hydroxyl groups is 1. The second-order valence-corrected chi connectivity index (χ2v) is 12.8. The number of rotatable bonds is 8. The van der Waals surface area contributed by atoms with Crippen LogP contribution < -0.4 is 15.4 Å². The number of anilines is 2. The summed E-state index contributed by atoms with van der Waals surface area (Å²) >= 11 is 5.95. The van der Waals surface area contributed by atoms with Crippen LogP contribution in [0.2, 0.25) is 5.02 Å². The van der Waals surface area contributed by atoms with E-state index >= 15 is 0 Å². The van der Waals surface area contributed by atoms with Crippen molar-refractivity contribution in [2.24, 2.45) is 5.92 Å². The Morgan fingerprint density at radius 2 is 1.90 bits per heavy atom. The Labute approximate surface area is 249 Å². The summed E-state index contributed by atoms with van der Waals surface area (Å²) in [7, 11) is -2.46. The van der Waals surface area contributed by atoms with Gasteiger partial charge in [-0.15, -0.1) is 0 Å². The second-order valence-electron chi connectivity index (χ2n) is 10.3. The van der Waals surface area contributed by atoms with E-state index in [0.717, 1.165) is 0 Å². The minimum atomic E-state index is -3.91. The minimum absolute atomic E-state index is 0.0670. The molecule has 12 nitrogen and oxygen atoms in total. The largest absolute Gasteiger partial charge is 0.486 e. The lowest BCUT2D eigenvalue weighted by Gasteiger charge is -2.38. The summed E-state index contributed by atoms with van der Waals surface area (Å²) in [6.07, 6.45) is -0.745. The van der Waals surface area contributed by atoms with E-state index in [1.54, 1.807) is 39.0 Å². The van der Waals surface area contributed by atoms with Gasteiger partial charge in [0.2, 0.25) is 10.0 Å². The van der Waals surface area contributed by atoms with Crippen molar-refractivity contribution in [2.75, 3.05) is 37.4 Å². The van der Waals surface area contributed by atoms with Gasteiger partial charge in [0.15, 0.2) is 11.5 Å². The molecule has 226 valence electrons. The molecular formula is C28H34ClN5O7S. The van der Waals surface area contributed by atoms with Gasteiger partial charge >= 0.3 is 6.03 Å². The van der Waals surface area contributed by atoms with E-state index in [9.17, 15) is 23.1 Å². The Kier molecular flexibility index (Phi) is 9.46. The summed E-state index contributed by atoms with van der Waals surface area (Å²) in [6, 6.07) is 9.44. The van der Waals surface area contributed by atoms with Crippen LogP contribution in [0.5, 0.6) is 5.75 Å². The molecule has 3 atom stereocenters. The van der Waals surface area contributed by atoms with Crippen LogP contribution in [0.1, 0.15) is 35.7 Å². The molecule has 1 aromatic heterocycles. The summed E-state index contributed by atoms with van der Waals surface area (Å²) in [5.74, 6) is -0.262. The maximum absolute atomic E-state index is 13.7. The van der Waals surface area contributed by atoms with Gasteiger partial charge in [0.1, 0.15) is 17.5 Å². The highest BCUT2D eigenvalue weighted by Gasteiger charge is 2.36. The molecule has 0 bridgehead atoms. The molecule has 3 amide bonds. The van der Waals surface area contributed by atoms with E-state index in [-0.39, 0.29) is 47.5 Å². The first-order valence-electron chi connectivity index (χ1n) is 13.3. The lowest BCUT2D eigenvalue weighted by Crippen LogP contribution is -2.50. The predicted molar refractivity (Wildman–Crippen MR) is 157 cm³/mol. The smallest absolute Gasteiger partial charge is 0.323 e. The van der Waals surface area contributed by atoms with Crippen molar-refractivity contribution in [1.29, 1.82) is 0 Å². The number of nitrogens with one attached hydrogen (secondary N) is 2. The number of aromatic nitrogens is 1. The molecule has 4 rings (SSSR count). The first-order valence-corrected chi connectivity index (χ1v) is 15.1. The van der Waals surface area contributed by atoms with Crippen LogP contribution in [0.25, 0.3) is 0 Å². The molecular weight excluding hydrogens is 586 g/mol. The number of ether oxygens (including phenoxy) is 1. The van der Waals surface area contributed by atoms with E-state index < -0.39 is 34.1 Å². The number of aliphatic hydroxyl groups excluding tert-OH is 1. The monoisotopic (exact) mass is 619 g/mol. The number of carbonyl (C=O) groups excluding carboxylic acids is 2. The summed E-state index contributed by atoms with van der Waals surface area (Å²) in [5, 5.41) is 19.6. The average molecular weight is 620 g/mol. The lowest BCUT2D eigenvalue weighted by atomic mass is 9.99. The fourth-order valence-electron chi connectivity index (χ4n) is 4.63. The van der Waals surface area contributed by atoms with Crippen molar-refractivity contribution >= 4 is 44.9 Å². The lowest BCUT2D eigenvalue weighted by molar-refractivity contribution is 0.0389. The normalized spacial score (nSPS) is 18.1. The molecule has 1 aliphatic rings. The van der Waals surface area contributed by atoms with E-state index in [1.165, 1.54) is 40.5 Å². The van der Waals surface area contributed by atoms with Gasteiger partial charge in [-0.3, -0.25) is 4.79 Å². The quantitative estimate of drug-likeness (QED) is 0.340. The molecule has 0 spiro atoms. The molecule has 0 saturated heterocycles. The highest BCUT2D eigenvalue weighted by Crippen LogP contribution is 2.35. The molecule has 2 heterocycles. The first kappa shape index (κ1) is 31.3. The van der Waals surface area contributed by atoms with Gasteiger partial charge in [0, 0.05) is 24.5 Å². The number of halogens is 1. The van der Waals surface area contributed by atoms with Crippen LogP contribution in [0.3, 0.4) is 0 Å². The fraction of sp³-hybridized carbons (Fsp3) is 0.393. The van der Waals surface area contributed by atoms with Gasteiger partial charge in [-0.05, 0) is 57.2 Å². The maximum atomic E-state index is 13.7. The Hall–Kier alpha value is -3.65. The number of benzene rings is 2. The Morgan fingerprint density at radius 3 is 2.52 bits per heavy atom. The molecule has 0 radical (unpaired) electrons. The number of aryl methyl sites for hydroxylation is 2. The molecule has 3 N–H and O–H groups in total. The zero-order valence-electron chi connectivity index (χ0n) is 23.9. The Morgan fingerprint density at radius 1 is 1.21 bits per heavy atom. The highest BCUT2D eigenvalue weighted by atomic mass is 35.5. The van der Waals surface area contributed by atoms with E-state index in [4.69, 9.17) is 20.9 Å². The fourth-order valence-corrected chi connectivity index (χ4v) is 5.94. The third-order valence-electron chi connectivity index (χ3n) is 7.17. The number of likely N-dealkylation sites (N-methyl/N-ethyl adjacent to an activating group) is 1. The van der Waals surface area contributed by atoms with Crippen LogP contribution >= 0.6 is 11.6 Å². The van der Waals surface area contributed by atoms with Crippen molar-refractivity contribution in [1.82, 2.24) is 14.4 Å². The van der Waals surface area contributed by atoms with E-state index in [1.807, 2.05) is 6.92 Å². The topological polar surface area (TPSA) is 154 Å². The van der Waals surface area contributed by atoms with Crippen molar-refractivity contribution in [3.05, 3.63) is 64.5 Å². The Balaban J connectivity index is 1.70. The summed E-state index contributed by atoms with van der Waals surface area (Å²) in [6.45, 7) is 6.75. The number of hydrogen-bond acceptors (Lipinski definition) is 8. The standard InChI is InChI=1S/C28H34ClN5O7S/c1-16-13-34(17(2)15-35)27(36)22-7-6-8-23(30-28(37)31-25-18(3)32-41-19(25)4)26(22)40-24(16)14-33(5)42(38,39)21-11-9-20(29)10-12-21/h6-12,16-17,24,35H,13-15H2,1-5H3,(H2,30,31,37)/t16-,17-,24-/m1/s1. The van der Waals surface area contributed by atoms with E-state index in [0.29, 0.717) is 22.2 Å². The molecule has 0 aliphatic carbocycles. The highest BCUT2D eigenvalue weighted by molar-refractivity contribution is 7.89. The van der Waals surface area contributed by atoms with Crippen molar-refractivity contribution in [3.63, 3.8) is 0 Å². The van der Waals surface area contributed by atoms with Crippen LogP contribution in [-0.4, -0.2) is 78.7 Å². The van der Waals surface area contributed by atoms with E-state index in [2.05, 4.69) is 15.8 Å². The average Bonchev–Trinajstić information content (AvgIpc) is 3.26. The summed E-state index contributed by atoms with van der Waals surface area (Å²) < 4.78 is 39.4. The number of hydrogen-bond donors (Lipinski definition) is 3. The Bertz CT molecular complexity index is 1540. The number of amides is 3. The van der Waals surface area contributed by atoms with Crippen LogP contribution in [0.4, 0.5) is 16.2 Å². The van der Waals surface area contributed by atoms with Gasteiger partial charge in [-0.1, -0.05) is 29.7 Å². The zero-order valence-corrected chi connectivity index (χ0v) is 25.5. The molecule has 3 aromatic rings. The molecule has 0 fully saturated rings. The third kappa shape index (κ3) is 6.54. The molecule has 0 unspecified atom stereocenters. The van der Waals surface area contributed by atoms with Crippen LogP contribution in [0, 0.1) is 19.8 Å². The molecule has 14 heteroatoms. The number of carbonyl (C=O) groups is 2. The zero-order chi connectivity index (χ0) is 30.8. The van der Waals surface area contributed by atoms with Gasteiger partial charge in [-0.25, -0.2) is 13.2 Å². The minimum Gasteiger partial charge on any atom is -0.486 e. The number of urea groups is 1. The van der Waals surface area contributed by atoms with Crippen LogP contribution in [-0.2, 0) is 10.0 Å². The van der Waals surface area contributed by atoms with Gasteiger partial charge < -0.3 is 29.9 Å². The summed E-state index contributed by atoms with van der Waals surface area (Å²) in [4.78, 5) is 28.3. The van der Waals surface area contributed by atoms with Crippen molar-refractivity contribution < 1.29 is 32.4 Å². The number of fused-ring (bicyclic) bond motifs is 1. The SMILES string of the molecule is Cc1noc(C)c1NC(=O)Nc1cccc2c1O[C@H](CN(C)S(=O)(=O)c1ccc(Cl)cc1)[C@H](C)CN([C@H](C)CO)C2=O. The number of para-hydroxylation sites is 1. The van der Waals surface area contributed by atoms with Gasteiger partial charge in [-0.2, -0.15) is 4.31 Å². The van der Waals surface area contributed by atoms with Crippen LogP contribution in [0.15, 0.2) is 51.9 Å². The second kappa shape index (κ2) is 12.7. The van der Waals surface area contributed by atoms with Gasteiger partial charge in [0.25, 0.3) is 5.91 Å². The first-order chi connectivity index (χ1) is 19.8. The molecule has 2 aromatic carbocycles. The predicted octanol–water partition coefficient (Wildman–Crippen LogP) is 4.13. The molecule has 1 aliphatic heterocycles. The third-order valence-corrected chi connectivity index (χ3v) is 9.26. The maximum Gasteiger partial charge on any atom is 0.323 e. The van der Waals surface area contributed by atoms with Gasteiger partial charge in [0.05, 0.1) is 35.3 Å². The molecule has 42 heavy (non-hydrogen) atoms. The number of nitrogens with zero attached hydrogens (tertiary/aromatic N) is 3. The van der Waals surface area contributed by atoms with Crippen molar-refractivity contribution in [2.45, 2.75) is 44.7 Å². The summed E-state index contributed by atoms with van der Waals surface area (Å²) in [5.41, 5.74) is 1.26. The number of sulfonamides is 1. The molecule has 0 saturated carbocycles. The van der Waals surface area contributed by atoms with Crippen molar-refractivity contribution in [3.8, 4) is 5.75 Å².